The summed E-state index contributed by atoms with van der Waals surface area (Å²) in [6.07, 6.45) is 6.68. The van der Waals surface area contributed by atoms with E-state index in [0.29, 0.717) is 17.4 Å². The van der Waals surface area contributed by atoms with Crippen molar-refractivity contribution in [3.8, 4) is 0 Å². The Labute approximate surface area is 143 Å². The van der Waals surface area contributed by atoms with Crippen LogP contribution in [0, 0.1) is 45.6 Å². The number of rotatable bonds is 3. The summed E-state index contributed by atoms with van der Waals surface area (Å²) in [4.78, 5) is 35.8. The van der Waals surface area contributed by atoms with E-state index in [1.54, 1.807) is 12.1 Å². The summed E-state index contributed by atoms with van der Waals surface area (Å²) in [7, 11) is 0. The Morgan fingerprint density at radius 2 is 1.76 bits per heavy atom. The second-order valence-corrected chi connectivity index (χ2v) is 7.24. The summed E-state index contributed by atoms with van der Waals surface area (Å²) in [5, 5.41) is 15.9. The number of amides is 2. The molecule has 5 aliphatic rings. The molecule has 1 aliphatic heterocycles. The van der Waals surface area contributed by atoms with Crippen LogP contribution in [-0.4, -0.2) is 28.0 Å². The fourth-order valence-corrected chi connectivity index (χ4v) is 4.90. The summed E-state index contributed by atoms with van der Waals surface area (Å²) >= 11 is 0. The summed E-state index contributed by atoms with van der Waals surface area (Å²) in [6.45, 7) is 0. The van der Waals surface area contributed by atoms with E-state index in [2.05, 4.69) is 17.3 Å². The van der Waals surface area contributed by atoms with Crippen molar-refractivity contribution in [1.29, 1.82) is 0 Å². The molecule has 2 amide bonds. The Hall–Kier alpha value is -2.83. The summed E-state index contributed by atoms with van der Waals surface area (Å²) in [6, 6.07) is 5.94. The maximum Gasteiger partial charge on any atom is 0.270 e. The average Bonchev–Trinajstić information content (AvgIpc) is 3.39. The second kappa shape index (κ2) is 4.84. The van der Waals surface area contributed by atoms with E-state index in [0.717, 1.165) is 11.4 Å². The van der Waals surface area contributed by atoms with Crippen molar-refractivity contribution in [2.75, 3.05) is 0 Å². The molecule has 7 nitrogen and oxygen atoms in total. The van der Waals surface area contributed by atoms with Gasteiger partial charge >= 0.3 is 0 Å². The van der Waals surface area contributed by atoms with E-state index in [1.807, 2.05) is 0 Å². The molecule has 0 N–H and O–H groups in total. The van der Waals surface area contributed by atoms with Crippen molar-refractivity contribution < 1.29 is 14.5 Å². The van der Waals surface area contributed by atoms with Crippen LogP contribution in [0.3, 0.4) is 0 Å². The van der Waals surface area contributed by atoms with Crippen LogP contribution in [0.5, 0.6) is 0 Å². The van der Waals surface area contributed by atoms with Crippen molar-refractivity contribution in [2.24, 2.45) is 40.6 Å². The van der Waals surface area contributed by atoms with E-state index in [1.165, 1.54) is 18.3 Å². The maximum atomic E-state index is 12.7. The molecule has 1 heterocycles. The lowest BCUT2D eigenvalue weighted by molar-refractivity contribution is -0.384. The van der Waals surface area contributed by atoms with Gasteiger partial charge < -0.3 is 0 Å². The zero-order chi connectivity index (χ0) is 17.3. The Morgan fingerprint density at radius 1 is 1.12 bits per heavy atom. The third kappa shape index (κ3) is 1.95. The largest absolute Gasteiger partial charge is 0.272 e. The minimum Gasteiger partial charge on any atom is -0.272 e. The minimum atomic E-state index is -0.492. The molecule has 1 saturated heterocycles. The molecule has 1 aromatic carbocycles. The molecular weight excluding hydrogens is 322 g/mol. The lowest BCUT2D eigenvalue weighted by Crippen LogP contribution is -2.40. The Morgan fingerprint density at radius 3 is 2.36 bits per heavy atom. The molecule has 25 heavy (non-hydrogen) atoms. The van der Waals surface area contributed by atoms with Gasteiger partial charge in [0.15, 0.2) is 0 Å². The van der Waals surface area contributed by atoms with Gasteiger partial charge in [-0.25, -0.2) is 0 Å². The number of carbonyl (C=O) groups is 2. The zero-order valence-electron chi connectivity index (χ0n) is 13.2. The molecule has 2 bridgehead atoms. The first-order chi connectivity index (χ1) is 12.1. The van der Waals surface area contributed by atoms with Gasteiger partial charge in [-0.15, -0.1) is 0 Å². The average molecular weight is 337 g/mol. The van der Waals surface area contributed by atoms with Gasteiger partial charge in [0.25, 0.3) is 17.5 Å². The molecular formula is C18H15N3O4. The van der Waals surface area contributed by atoms with Gasteiger partial charge in [0.2, 0.25) is 0 Å². The number of hydrogen-bond donors (Lipinski definition) is 0. The highest BCUT2D eigenvalue weighted by atomic mass is 16.6. The van der Waals surface area contributed by atoms with Crippen LogP contribution in [0.4, 0.5) is 5.69 Å². The Balaban J connectivity index is 1.43. The van der Waals surface area contributed by atoms with Crippen molar-refractivity contribution in [2.45, 2.75) is 6.42 Å². The Bertz CT molecular complexity index is 841. The number of imide groups is 1. The van der Waals surface area contributed by atoms with Crippen molar-refractivity contribution >= 4 is 23.7 Å². The van der Waals surface area contributed by atoms with Crippen LogP contribution in [0.15, 0.2) is 41.5 Å². The molecule has 0 spiro atoms. The van der Waals surface area contributed by atoms with E-state index >= 15 is 0 Å². The van der Waals surface area contributed by atoms with Gasteiger partial charge in [0.1, 0.15) is 0 Å². The minimum absolute atomic E-state index is 0.0565. The van der Waals surface area contributed by atoms with Gasteiger partial charge in [-0.3, -0.25) is 19.7 Å². The van der Waals surface area contributed by atoms with E-state index in [-0.39, 0.29) is 41.2 Å². The molecule has 126 valence electrons. The van der Waals surface area contributed by atoms with Gasteiger partial charge in [-0.1, -0.05) is 24.3 Å². The number of allylic oxidation sites excluding steroid dienone is 2. The van der Waals surface area contributed by atoms with Crippen molar-refractivity contribution in [3.63, 3.8) is 0 Å². The first-order valence-corrected chi connectivity index (χ1v) is 8.41. The SMILES string of the molecule is O=C1[C@@H]2[C@H]3C=C[C@@H]([C@@H]4C[C@H]34)[C@@H]2C(=O)N1/N=C\c1cccc([N+](=O)[O-])c1. The number of non-ortho nitro benzene ring substituents is 1. The lowest BCUT2D eigenvalue weighted by Gasteiger charge is -2.37. The topological polar surface area (TPSA) is 92.9 Å². The molecule has 3 fully saturated rings. The summed E-state index contributed by atoms with van der Waals surface area (Å²) in [5.41, 5.74) is 0.424. The van der Waals surface area contributed by atoms with Gasteiger partial charge in [0, 0.05) is 17.7 Å². The number of nitro groups is 1. The maximum absolute atomic E-state index is 12.7. The third-order valence-corrected chi connectivity index (χ3v) is 6.04. The fraction of sp³-hybridized carbons (Fsp3) is 0.389. The van der Waals surface area contributed by atoms with Gasteiger partial charge in [-0.05, 0) is 30.1 Å². The molecule has 0 radical (unpaired) electrons. The molecule has 6 atom stereocenters. The summed E-state index contributed by atoms with van der Waals surface area (Å²) in [5.74, 6) is 0.385. The van der Waals surface area contributed by atoms with Gasteiger partial charge in [-0.2, -0.15) is 10.1 Å². The highest BCUT2D eigenvalue weighted by Crippen LogP contribution is 2.65. The predicted octanol–water partition coefficient (Wildman–Crippen LogP) is 1.98. The first kappa shape index (κ1) is 14.5. The van der Waals surface area contributed by atoms with Crippen LogP contribution in [0.25, 0.3) is 0 Å². The van der Waals surface area contributed by atoms with Crippen LogP contribution in [0.1, 0.15) is 12.0 Å². The number of carbonyl (C=O) groups excluding carboxylic acids is 2. The standard InChI is InChI=1S/C18H15N3O4/c22-17-15-11-4-5-12(14-7-13(11)14)16(15)18(23)20(17)19-8-9-2-1-3-10(6-9)21(24)25/h1-6,8,11-16H,7H2/b19-8-/t11-,12-,13-,14+,15-,16+/m0/s1. The van der Waals surface area contributed by atoms with Crippen LogP contribution in [-0.2, 0) is 9.59 Å². The van der Waals surface area contributed by atoms with E-state index < -0.39 is 4.92 Å². The van der Waals surface area contributed by atoms with Crippen LogP contribution < -0.4 is 0 Å². The third-order valence-electron chi connectivity index (χ3n) is 6.04. The first-order valence-electron chi connectivity index (χ1n) is 8.41. The highest BCUT2D eigenvalue weighted by Gasteiger charge is 2.67. The van der Waals surface area contributed by atoms with Crippen molar-refractivity contribution in [1.82, 2.24) is 5.01 Å². The smallest absolute Gasteiger partial charge is 0.270 e. The van der Waals surface area contributed by atoms with Crippen LogP contribution in [0.2, 0.25) is 0 Å². The lowest BCUT2D eigenvalue weighted by atomic mass is 9.63. The Kier molecular flexibility index (Phi) is 2.81. The predicted molar refractivity (Wildman–Crippen MR) is 87.2 cm³/mol. The van der Waals surface area contributed by atoms with Crippen molar-refractivity contribution in [3.05, 3.63) is 52.1 Å². The number of nitrogens with zero attached hydrogens (tertiary/aromatic N) is 3. The number of nitro benzene ring substituents is 1. The second-order valence-electron chi connectivity index (χ2n) is 7.24. The normalized spacial score (nSPS) is 37.5. The molecule has 0 unspecified atom stereocenters. The van der Waals surface area contributed by atoms with E-state index in [9.17, 15) is 19.7 Å². The molecule has 4 aliphatic carbocycles. The molecule has 6 rings (SSSR count). The molecule has 1 aromatic rings. The van der Waals surface area contributed by atoms with E-state index in [4.69, 9.17) is 0 Å². The fourth-order valence-electron chi connectivity index (χ4n) is 4.90. The quantitative estimate of drug-likeness (QED) is 0.277. The zero-order valence-corrected chi connectivity index (χ0v) is 13.2. The highest BCUT2D eigenvalue weighted by molar-refractivity contribution is 6.06. The molecule has 7 heteroatoms. The number of hydrazone groups is 1. The van der Waals surface area contributed by atoms with Crippen LogP contribution >= 0.6 is 0 Å². The number of hydrogen-bond acceptors (Lipinski definition) is 5. The molecule has 0 aromatic heterocycles. The summed E-state index contributed by atoms with van der Waals surface area (Å²) < 4.78 is 0. The molecule has 2 saturated carbocycles. The monoisotopic (exact) mass is 337 g/mol. The van der Waals surface area contributed by atoms with Gasteiger partial charge in [0.05, 0.1) is 23.0 Å². The number of benzene rings is 1.